The zero-order chi connectivity index (χ0) is 12.7. The molecule has 0 aromatic heterocycles. The fourth-order valence-electron chi connectivity index (χ4n) is 0.803. The van der Waals surface area contributed by atoms with Gasteiger partial charge in [-0.05, 0) is 12.2 Å². The minimum absolute atomic E-state index is 0.131. The van der Waals surface area contributed by atoms with Crippen LogP contribution in [0.5, 0.6) is 0 Å². The maximum Gasteiger partial charge on any atom is 0.184 e. The van der Waals surface area contributed by atoms with Gasteiger partial charge in [0.05, 0.1) is 12.8 Å². The molecule has 0 aliphatic rings. The monoisotopic (exact) mass is 253 g/mol. The predicted octanol–water partition coefficient (Wildman–Crippen LogP) is -3.76. The van der Waals surface area contributed by atoms with E-state index in [4.69, 9.17) is 15.9 Å². The molecule has 4 atom stereocenters. The highest BCUT2D eigenvalue weighted by atomic mass is 32.1. The van der Waals surface area contributed by atoms with Crippen molar-refractivity contribution in [2.24, 2.45) is 10.8 Å². The summed E-state index contributed by atoms with van der Waals surface area (Å²) < 4.78 is 0. The van der Waals surface area contributed by atoms with Gasteiger partial charge >= 0.3 is 0 Å². The standard InChI is InChI=1S/C7H15N3O5S/c8-7(16)10-9-1-3(12)5(14)6(15)4(13)2-11/h1,3-6,11-15H,2H2,(H3,8,10,16)/t3-,4+,5+,6-/m0/s1. The topological polar surface area (TPSA) is 152 Å². The van der Waals surface area contributed by atoms with Crippen LogP contribution in [0.3, 0.4) is 0 Å². The van der Waals surface area contributed by atoms with Crippen molar-refractivity contribution in [1.29, 1.82) is 0 Å². The van der Waals surface area contributed by atoms with Gasteiger partial charge in [-0.1, -0.05) is 0 Å². The number of thiocarbonyl (C=S) groups is 1. The average molecular weight is 253 g/mol. The number of hydrogen-bond acceptors (Lipinski definition) is 7. The van der Waals surface area contributed by atoms with Crippen molar-refractivity contribution in [3.63, 3.8) is 0 Å². The maximum absolute atomic E-state index is 9.30. The summed E-state index contributed by atoms with van der Waals surface area (Å²) in [6, 6.07) is 0. The summed E-state index contributed by atoms with van der Waals surface area (Å²) in [7, 11) is 0. The van der Waals surface area contributed by atoms with E-state index in [2.05, 4.69) is 22.7 Å². The lowest BCUT2D eigenvalue weighted by Gasteiger charge is -2.23. The van der Waals surface area contributed by atoms with Crippen LogP contribution in [0.15, 0.2) is 5.10 Å². The molecule has 94 valence electrons. The Hall–Kier alpha value is -0.840. The highest BCUT2D eigenvalue weighted by Crippen LogP contribution is 2.03. The zero-order valence-corrected chi connectivity index (χ0v) is 9.08. The summed E-state index contributed by atoms with van der Waals surface area (Å²) in [5.41, 5.74) is 7.15. The zero-order valence-electron chi connectivity index (χ0n) is 8.26. The quantitative estimate of drug-likeness (QED) is 0.145. The first-order valence-electron chi connectivity index (χ1n) is 4.32. The molecule has 0 unspecified atom stereocenters. The molecular formula is C7H15N3O5S. The van der Waals surface area contributed by atoms with E-state index in [9.17, 15) is 15.3 Å². The lowest BCUT2D eigenvalue weighted by atomic mass is 10.0. The normalized spacial score (nSPS) is 19.1. The van der Waals surface area contributed by atoms with E-state index in [1.165, 1.54) is 0 Å². The molecule has 9 heteroatoms. The van der Waals surface area contributed by atoms with Gasteiger partial charge in [0.25, 0.3) is 0 Å². The third kappa shape index (κ3) is 5.30. The number of hydrogen-bond donors (Lipinski definition) is 7. The van der Waals surface area contributed by atoms with Gasteiger partial charge in [-0.2, -0.15) is 5.10 Å². The van der Waals surface area contributed by atoms with E-state index in [-0.39, 0.29) is 5.11 Å². The van der Waals surface area contributed by atoms with Gasteiger partial charge in [0, 0.05) is 0 Å². The molecule has 0 heterocycles. The first kappa shape index (κ1) is 15.2. The summed E-state index contributed by atoms with van der Waals surface area (Å²) in [4.78, 5) is 0. The SMILES string of the molecule is NC(=S)NN=C[C@H](O)[C@@H](O)[C@@H](O)[C@H](O)CO. The molecule has 0 aliphatic carbocycles. The van der Waals surface area contributed by atoms with Crippen LogP contribution in [0.4, 0.5) is 0 Å². The molecule has 0 amide bonds. The third-order valence-electron chi connectivity index (χ3n) is 1.68. The van der Waals surface area contributed by atoms with Crippen LogP contribution < -0.4 is 11.2 Å². The molecule has 8 nitrogen and oxygen atoms in total. The number of nitrogens with two attached hydrogens (primary N) is 1. The van der Waals surface area contributed by atoms with E-state index < -0.39 is 31.0 Å². The summed E-state index contributed by atoms with van der Waals surface area (Å²) in [5.74, 6) is 0. The lowest BCUT2D eigenvalue weighted by molar-refractivity contribution is -0.0999. The molecule has 0 aliphatic heterocycles. The Morgan fingerprint density at radius 2 is 1.88 bits per heavy atom. The number of aliphatic hydroxyl groups excluding tert-OH is 5. The highest BCUT2D eigenvalue weighted by molar-refractivity contribution is 7.80. The van der Waals surface area contributed by atoms with Gasteiger partial charge in [0.15, 0.2) is 5.11 Å². The van der Waals surface area contributed by atoms with Crippen molar-refractivity contribution in [3.8, 4) is 0 Å². The van der Waals surface area contributed by atoms with Crippen molar-refractivity contribution in [1.82, 2.24) is 5.43 Å². The van der Waals surface area contributed by atoms with Gasteiger partial charge in [-0.15, -0.1) is 0 Å². The minimum atomic E-state index is -1.70. The molecule has 8 N–H and O–H groups in total. The van der Waals surface area contributed by atoms with Crippen molar-refractivity contribution >= 4 is 23.5 Å². The molecule has 0 rings (SSSR count). The van der Waals surface area contributed by atoms with Gasteiger partial charge < -0.3 is 31.3 Å². The fraction of sp³-hybridized carbons (Fsp3) is 0.714. The van der Waals surface area contributed by atoms with E-state index in [0.717, 1.165) is 6.21 Å². The van der Waals surface area contributed by atoms with Crippen LogP contribution >= 0.6 is 12.2 Å². The summed E-state index contributed by atoms with van der Waals surface area (Å²) in [6.45, 7) is -0.743. The number of nitrogens with one attached hydrogen (secondary N) is 1. The van der Waals surface area contributed by atoms with Crippen LogP contribution in [-0.4, -0.2) is 67.9 Å². The first-order chi connectivity index (χ1) is 7.40. The van der Waals surface area contributed by atoms with E-state index >= 15 is 0 Å². The lowest BCUT2D eigenvalue weighted by Crippen LogP contribution is -2.46. The fourth-order valence-corrected chi connectivity index (χ4v) is 0.856. The third-order valence-corrected chi connectivity index (χ3v) is 1.77. The van der Waals surface area contributed by atoms with Crippen molar-refractivity contribution in [2.75, 3.05) is 6.61 Å². The molecule has 0 aromatic rings. The molecule has 0 saturated carbocycles. The van der Waals surface area contributed by atoms with Crippen LogP contribution in [0, 0.1) is 0 Å². The van der Waals surface area contributed by atoms with Crippen molar-refractivity contribution < 1.29 is 25.5 Å². The van der Waals surface area contributed by atoms with E-state index in [1.807, 2.05) is 0 Å². The van der Waals surface area contributed by atoms with Gasteiger partial charge in [0.1, 0.15) is 24.4 Å². The Morgan fingerprint density at radius 3 is 2.31 bits per heavy atom. The van der Waals surface area contributed by atoms with E-state index in [0.29, 0.717) is 0 Å². The number of aliphatic hydroxyl groups is 5. The number of rotatable bonds is 6. The van der Waals surface area contributed by atoms with Crippen LogP contribution in [-0.2, 0) is 0 Å². The van der Waals surface area contributed by atoms with Gasteiger partial charge in [-0.25, -0.2) is 0 Å². The summed E-state index contributed by atoms with van der Waals surface area (Å²) >= 11 is 4.41. The van der Waals surface area contributed by atoms with E-state index in [1.54, 1.807) is 0 Å². The number of nitrogens with zero attached hydrogens (tertiary/aromatic N) is 1. The minimum Gasteiger partial charge on any atom is -0.394 e. The molecule has 0 fully saturated rings. The van der Waals surface area contributed by atoms with Crippen LogP contribution in [0.2, 0.25) is 0 Å². The van der Waals surface area contributed by atoms with Crippen molar-refractivity contribution in [2.45, 2.75) is 24.4 Å². The van der Waals surface area contributed by atoms with Crippen molar-refractivity contribution in [3.05, 3.63) is 0 Å². The van der Waals surface area contributed by atoms with Crippen LogP contribution in [0.25, 0.3) is 0 Å². The van der Waals surface area contributed by atoms with Gasteiger partial charge in [0.2, 0.25) is 0 Å². The summed E-state index contributed by atoms with van der Waals surface area (Å²) in [6.07, 6.45) is -5.65. The highest BCUT2D eigenvalue weighted by Gasteiger charge is 2.29. The number of hydrazone groups is 1. The Kier molecular flexibility index (Phi) is 7.05. The van der Waals surface area contributed by atoms with Gasteiger partial charge in [-0.3, -0.25) is 5.43 Å². The Labute approximate surface area is 97.0 Å². The summed E-state index contributed by atoms with van der Waals surface area (Å²) in [5, 5.41) is 48.5. The Bertz CT molecular complexity index is 252. The second kappa shape index (κ2) is 7.44. The largest absolute Gasteiger partial charge is 0.394 e. The second-order valence-corrected chi connectivity index (χ2v) is 3.42. The predicted molar refractivity (Wildman–Crippen MR) is 59.5 cm³/mol. The molecule has 0 radical (unpaired) electrons. The Morgan fingerprint density at radius 1 is 1.31 bits per heavy atom. The average Bonchev–Trinajstić information content (AvgIpc) is 2.25. The smallest absolute Gasteiger partial charge is 0.184 e. The van der Waals surface area contributed by atoms with Crippen LogP contribution in [0.1, 0.15) is 0 Å². The molecular weight excluding hydrogens is 238 g/mol. The second-order valence-electron chi connectivity index (χ2n) is 2.98. The molecule has 0 aromatic carbocycles. The Balaban J connectivity index is 4.21. The molecule has 0 saturated heterocycles. The molecule has 0 bridgehead atoms. The maximum atomic E-state index is 9.30. The molecule has 0 spiro atoms. The first-order valence-corrected chi connectivity index (χ1v) is 4.72. The molecule has 16 heavy (non-hydrogen) atoms.